The van der Waals surface area contributed by atoms with Crippen LogP contribution in [0.5, 0.6) is 0 Å². The minimum atomic E-state index is 0.524. The second kappa shape index (κ2) is 5.28. The van der Waals surface area contributed by atoms with Crippen molar-refractivity contribution in [3.63, 3.8) is 0 Å². The van der Waals surface area contributed by atoms with E-state index in [1.165, 1.54) is 5.75 Å². The first-order chi connectivity index (χ1) is 7.74. The maximum Gasteiger partial charge on any atom is 0.133 e. The highest BCUT2D eigenvalue weighted by Crippen LogP contribution is 2.30. The van der Waals surface area contributed by atoms with E-state index in [0.29, 0.717) is 17.2 Å². The summed E-state index contributed by atoms with van der Waals surface area (Å²) in [4.78, 5) is 6.88. The van der Waals surface area contributed by atoms with E-state index in [1.54, 1.807) is 0 Å². The van der Waals surface area contributed by atoms with Crippen LogP contribution in [0, 0.1) is 0 Å². The van der Waals surface area contributed by atoms with Gasteiger partial charge in [-0.15, -0.1) is 11.6 Å². The Balaban J connectivity index is 2.28. The third kappa shape index (κ3) is 2.30. The van der Waals surface area contributed by atoms with Gasteiger partial charge in [0, 0.05) is 35.3 Å². The van der Waals surface area contributed by atoms with Crippen LogP contribution in [0.2, 0.25) is 0 Å². The zero-order chi connectivity index (χ0) is 11.5. The van der Waals surface area contributed by atoms with Crippen LogP contribution < -0.4 is 4.90 Å². The van der Waals surface area contributed by atoms with Gasteiger partial charge in [-0.1, -0.05) is 13.0 Å². The van der Waals surface area contributed by atoms with Gasteiger partial charge in [-0.05, 0) is 13.0 Å². The van der Waals surface area contributed by atoms with Crippen LogP contribution in [0.15, 0.2) is 18.3 Å². The number of alkyl halides is 1. The molecule has 0 aromatic carbocycles. The molecule has 2 rings (SSSR count). The fourth-order valence-corrected chi connectivity index (χ4v) is 3.33. The monoisotopic (exact) mass is 256 g/mol. The molecule has 0 bridgehead atoms. The van der Waals surface area contributed by atoms with E-state index in [4.69, 9.17) is 11.6 Å². The molecule has 1 aliphatic rings. The summed E-state index contributed by atoms with van der Waals surface area (Å²) in [5, 5.41) is 0.652. The molecule has 2 nitrogen and oxygen atoms in total. The second-order valence-corrected chi connectivity index (χ2v) is 5.88. The zero-order valence-corrected chi connectivity index (χ0v) is 11.3. The first-order valence-corrected chi connectivity index (χ1v) is 7.20. The Bertz CT molecular complexity index is 359. The first kappa shape index (κ1) is 12.1. The van der Waals surface area contributed by atoms with E-state index in [1.807, 2.05) is 24.0 Å². The summed E-state index contributed by atoms with van der Waals surface area (Å²) < 4.78 is 0. The van der Waals surface area contributed by atoms with Gasteiger partial charge in [-0.2, -0.15) is 11.8 Å². The third-order valence-corrected chi connectivity index (χ3v) is 4.79. The van der Waals surface area contributed by atoms with Crippen molar-refractivity contribution in [3.05, 3.63) is 23.9 Å². The van der Waals surface area contributed by atoms with Crippen LogP contribution in [0.3, 0.4) is 0 Å². The molecular formula is C12H17ClN2S. The molecule has 16 heavy (non-hydrogen) atoms. The fraction of sp³-hybridized carbons (Fsp3) is 0.583. The Morgan fingerprint density at radius 2 is 2.38 bits per heavy atom. The maximum atomic E-state index is 5.96. The highest BCUT2D eigenvalue weighted by atomic mass is 35.5. The predicted molar refractivity (Wildman–Crippen MR) is 72.5 cm³/mol. The standard InChI is InChI=1S/C12H17ClN2S/c1-9-10(2)16-7-6-15(9)12-11(8-13)4-3-5-14-12/h3-5,9-10H,6-8H2,1-2H3. The number of nitrogens with zero attached hydrogens (tertiary/aromatic N) is 2. The minimum Gasteiger partial charge on any atom is -0.352 e. The lowest BCUT2D eigenvalue weighted by molar-refractivity contribution is 0.618. The summed E-state index contributed by atoms with van der Waals surface area (Å²) in [6.45, 7) is 5.62. The number of hydrogen-bond acceptors (Lipinski definition) is 3. The highest BCUT2D eigenvalue weighted by Gasteiger charge is 2.27. The van der Waals surface area contributed by atoms with E-state index in [9.17, 15) is 0 Å². The number of halogens is 1. The summed E-state index contributed by atoms with van der Waals surface area (Å²) >= 11 is 8.00. The van der Waals surface area contributed by atoms with Gasteiger partial charge in [0.05, 0.1) is 5.88 Å². The SMILES string of the molecule is CC1SCCN(c2ncccc2CCl)C1C. The van der Waals surface area contributed by atoms with Crippen molar-refractivity contribution in [1.82, 2.24) is 4.98 Å². The third-order valence-electron chi connectivity index (χ3n) is 3.17. The summed E-state index contributed by atoms with van der Waals surface area (Å²) in [7, 11) is 0. The molecule has 1 fully saturated rings. The molecule has 4 heteroatoms. The number of aromatic nitrogens is 1. The summed E-state index contributed by atoms with van der Waals surface area (Å²) in [5.74, 6) is 2.77. The van der Waals surface area contributed by atoms with E-state index in [2.05, 4.69) is 29.8 Å². The molecule has 0 aliphatic carbocycles. The van der Waals surface area contributed by atoms with Crippen LogP contribution in [-0.4, -0.2) is 28.6 Å². The largest absolute Gasteiger partial charge is 0.352 e. The van der Waals surface area contributed by atoms with Crippen molar-refractivity contribution in [2.24, 2.45) is 0 Å². The molecule has 2 heterocycles. The summed E-state index contributed by atoms with van der Waals surface area (Å²) in [6, 6.07) is 4.54. The predicted octanol–water partition coefficient (Wildman–Crippen LogP) is 3.15. The second-order valence-electron chi connectivity index (χ2n) is 4.13. The van der Waals surface area contributed by atoms with Crippen LogP contribution >= 0.6 is 23.4 Å². The van der Waals surface area contributed by atoms with Crippen molar-refractivity contribution in [3.8, 4) is 0 Å². The molecule has 88 valence electrons. The fourth-order valence-electron chi connectivity index (χ4n) is 2.03. The number of hydrogen-bond donors (Lipinski definition) is 0. The quantitative estimate of drug-likeness (QED) is 0.757. The molecule has 0 radical (unpaired) electrons. The maximum absolute atomic E-state index is 5.96. The number of anilines is 1. The van der Waals surface area contributed by atoms with Gasteiger partial charge in [0.25, 0.3) is 0 Å². The number of thioether (sulfide) groups is 1. The molecule has 2 atom stereocenters. The van der Waals surface area contributed by atoms with E-state index >= 15 is 0 Å². The van der Waals surface area contributed by atoms with Crippen LogP contribution in [0.1, 0.15) is 19.4 Å². The smallest absolute Gasteiger partial charge is 0.133 e. The summed E-state index contributed by atoms with van der Waals surface area (Å²) in [5.41, 5.74) is 1.13. The first-order valence-electron chi connectivity index (χ1n) is 5.62. The number of pyridine rings is 1. The van der Waals surface area contributed by atoms with Crippen LogP contribution in [-0.2, 0) is 5.88 Å². The van der Waals surface area contributed by atoms with Gasteiger partial charge in [-0.3, -0.25) is 0 Å². The van der Waals surface area contributed by atoms with E-state index in [-0.39, 0.29) is 0 Å². The van der Waals surface area contributed by atoms with Crippen LogP contribution in [0.4, 0.5) is 5.82 Å². The van der Waals surface area contributed by atoms with Crippen molar-refractivity contribution >= 4 is 29.2 Å². The van der Waals surface area contributed by atoms with Crippen molar-refractivity contribution in [2.45, 2.75) is 31.0 Å². The lowest BCUT2D eigenvalue weighted by Gasteiger charge is -2.39. The number of rotatable bonds is 2. The van der Waals surface area contributed by atoms with E-state index in [0.717, 1.165) is 17.9 Å². The van der Waals surface area contributed by atoms with Gasteiger partial charge in [0.2, 0.25) is 0 Å². The van der Waals surface area contributed by atoms with Gasteiger partial charge in [0.1, 0.15) is 5.82 Å². The van der Waals surface area contributed by atoms with Gasteiger partial charge in [-0.25, -0.2) is 4.98 Å². The Labute approximate surface area is 106 Å². The van der Waals surface area contributed by atoms with Crippen molar-refractivity contribution in [1.29, 1.82) is 0 Å². The zero-order valence-electron chi connectivity index (χ0n) is 9.69. The molecule has 0 saturated carbocycles. The lowest BCUT2D eigenvalue weighted by Crippen LogP contribution is -2.45. The normalized spacial score (nSPS) is 25.8. The molecule has 2 unspecified atom stereocenters. The molecule has 0 amide bonds. The molecule has 1 saturated heterocycles. The highest BCUT2D eigenvalue weighted by molar-refractivity contribution is 8.00. The molecule has 1 aliphatic heterocycles. The molecule has 0 spiro atoms. The Morgan fingerprint density at radius 3 is 3.12 bits per heavy atom. The molecule has 1 aromatic heterocycles. The van der Waals surface area contributed by atoms with Crippen LogP contribution in [0.25, 0.3) is 0 Å². The Hall–Kier alpha value is -0.410. The van der Waals surface area contributed by atoms with Gasteiger partial charge in [0.15, 0.2) is 0 Å². The molecule has 1 aromatic rings. The summed E-state index contributed by atoms with van der Waals surface area (Å²) in [6.07, 6.45) is 1.85. The van der Waals surface area contributed by atoms with Gasteiger partial charge >= 0.3 is 0 Å². The minimum absolute atomic E-state index is 0.524. The lowest BCUT2D eigenvalue weighted by atomic mass is 10.1. The van der Waals surface area contributed by atoms with E-state index < -0.39 is 0 Å². The molecular weight excluding hydrogens is 240 g/mol. The van der Waals surface area contributed by atoms with Gasteiger partial charge < -0.3 is 4.90 Å². The Kier molecular flexibility index (Phi) is 3.98. The topological polar surface area (TPSA) is 16.1 Å². The molecule has 0 N–H and O–H groups in total. The average Bonchev–Trinajstić information content (AvgIpc) is 2.33. The Morgan fingerprint density at radius 1 is 1.56 bits per heavy atom. The van der Waals surface area contributed by atoms with Crippen molar-refractivity contribution < 1.29 is 0 Å². The van der Waals surface area contributed by atoms with Crippen molar-refractivity contribution in [2.75, 3.05) is 17.2 Å². The average molecular weight is 257 g/mol.